The molecule has 19 heavy (non-hydrogen) atoms. The Morgan fingerprint density at radius 3 is 2.74 bits per heavy atom. The first-order valence-corrected chi connectivity index (χ1v) is 7.41. The lowest BCUT2D eigenvalue weighted by atomic mass is 9.81. The summed E-state index contributed by atoms with van der Waals surface area (Å²) in [6, 6.07) is 5.76. The average molecular weight is 278 g/mol. The molecule has 0 saturated heterocycles. The highest BCUT2D eigenvalue weighted by Crippen LogP contribution is 2.41. The fraction of sp³-hybridized carbons (Fsp3) is 0.467. The highest BCUT2D eigenvalue weighted by Gasteiger charge is 2.28. The normalized spacial score (nSPS) is 16.7. The number of carboxylic acids is 1. The van der Waals surface area contributed by atoms with Crippen LogP contribution in [0, 0.1) is 0 Å². The summed E-state index contributed by atoms with van der Waals surface area (Å²) in [5.74, 6) is 0.0885. The van der Waals surface area contributed by atoms with Crippen LogP contribution >= 0.6 is 11.8 Å². The second-order valence-corrected chi connectivity index (χ2v) is 6.65. The molecule has 3 nitrogen and oxygen atoms in total. The summed E-state index contributed by atoms with van der Waals surface area (Å²) in [4.78, 5) is 23.7. The van der Waals surface area contributed by atoms with Crippen molar-refractivity contribution in [2.75, 3.05) is 5.75 Å². The zero-order valence-electron chi connectivity index (χ0n) is 11.2. The van der Waals surface area contributed by atoms with Crippen LogP contribution < -0.4 is 0 Å². The summed E-state index contributed by atoms with van der Waals surface area (Å²) in [5.41, 5.74) is 1.93. The Morgan fingerprint density at radius 1 is 1.32 bits per heavy atom. The molecule has 0 aliphatic carbocycles. The van der Waals surface area contributed by atoms with Gasteiger partial charge in [0.05, 0.1) is 6.42 Å². The number of rotatable bonds is 4. The Bertz CT molecular complexity index is 520. The number of thioether (sulfide) groups is 1. The quantitative estimate of drug-likeness (QED) is 0.856. The van der Waals surface area contributed by atoms with Gasteiger partial charge in [0.25, 0.3) is 0 Å². The molecule has 0 radical (unpaired) electrons. The third kappa shape index (κ3) is 3.18. The van der Waals surface area contributed by atoms with Crippen LogP contribution in [0.4, 0.5) is 0 Å². The number of ketones is 1. The van der Waals surface area contributed by atoms with Crippen LogP contribution in [-0.2, 0) is 10.2 Å². The minimum atomic E-state index is -0.929. The van der Waals surface area contributed by atoms with E-state index in [-0.39, 0.29) is 24.0 Å². The van der Waals surface area contributed by atoms with Gasteiger partial charge >= 0.3 is 5.97 Å². The zero-order valence-corrected chi connectivity index (χ0v) is 12.0. The van der Waals surface area contributed by atoms with Gasteiger partial charge in [-0.05, 0) is 35.3 Å². The van der Waals surface area contributed by atoms with E-state index in [0.717, 1.165) is 12.2 Å². The molecule has 0 spiro atoms. The van der Waals surface area contributed by atoms with E-state index in [1.54, 1.807) is 0 Å². The minimum Gasteiger partial charge on any atom is -0.481 e. The maximum absolute atomic E-state index is 12.0. The lowest BCUT2D eigenvalue weighted by Gasteiger charge is -2.32. The van der Waals surface area contributed by atoms with E-state index in [1.165, 1.54) is 10.5 Å². The van der Waals surface area contributed by atoms with Crippen molar-refractivity contribution in [3.63, 3.8) is 0 Å². The van der Waals surface area contributed by atoms with Crippen LogP contribution in [0.1, 0.15) is 49.0 Å². The molecule has 1 aromatic carbocycles. The highest BCUT2D eigenvalue weighted by atomic mass is 32.2. The van der Waals surface area contributed by atoms with Crippen molar-refractivity contribution in [1.29, 1.82) is 0 Å². The lowest BCUT2D eigenvalue weighted by molar-refractivity contribution is -0.136. The van der Waals surface area contributed by atoms with Gasteiger partial charge in [-0.1, -0.05) is 19.9 Å². The number of carbonyl (C=O) groups excluding carboxylic acids is 1. The molecule has 0 unspecified atom stereocenters. The number of carbonyl (C=O) groups is 2. The van der Waals surface area contributed by atoms with Gasteiger partial charge in [-0.15, -0.1) is 11.8 Å². The fourth-order valence-electron chi connectivity index (χ4n) is 2.27. The lowest BCUT2D eigenvalue weighted by Crippen LogP contribution is -2.23. The topological polar surface area (TPSA) is 54.4 Å². The van der Waals surface area contributed by atoms with Crippen molar-refractivity contribution in [1.82, 2.24) is 0 Å². The fourth-order valence-corrected chi connectivity index (χ4v) is 3.76. The van der Waals surface area contributed by atoms with Crippen LogP contribution in [0.3, 0.4) is 0 Å². The third-order valence-corrected chi connectivity index (χ3v) is 4.66. The van der Waals surface area contributed by atoms with Crippen LogP contribution in [0.25, 0.3) is 0 Å². The predicted molar refractivity (Wildman–Crippen MR) is 76.0 cm³/mol. The number of carboxylic acid groups (broad SMARTS) is 1. The molecule has 102 valence electrons. The molecular formula is C15H18O3S. The number of benzene rings is 1. The Balaban J connectivity index is 2.25. The summed E-state index contributed by atoms with van der Waals surface area (Å²) in [7, 11) is 0. The molecule has 1 aliphatic heterocycles. The zero-order chi connectivity index (χ0) is 14.0. The average Bonchev–Trinajstić information content (AvgIpc) is 2.35. The number of fused-ring (bicyclic) bond motifs is 1. The summed E-state index contributed by atoms with van der Waals surface area (Å²) >= 11 is 1.82. The van der Waals surface area contributed by atoms with Crippen molar-refractivity contribution in [2.24, 2.45) is 0 Å². The first-order chi connectivity index (χ1) is 8.90. The Kier molecular flexibility index (Phi) is 3.99. The number of Topliss-reactive ketones (excluding diaryl/α,β-unsaturated/α-hetero) is 1. The summed E-state index contributed by atoms with van der Waals surface area (Å²) < 4.78 is 0. The minimum absolute atomic E-state index is 0.0711. The number of hydrogen-bond donors (Lipinski definition) is 1. The molecule has 1 heterocycles. The van der Waals surface area contributed by atoms with Gasteiger partial charge in [0, 0.05) is 16.9 Å². The second-order valence-electron chi connectivity index (χ2n) is 5.51. The van der Waals surface area contributed by atoms with Gasteiger partial charge in [0.1, 0.15) is 0 Å². The monoisotopic (exact) mass is 278 g/mol. The molecule has 1 aliphatic rings. The van der Waals surface area contributed by atoms with E-state index in [0.29, 0.717) is 5.56 Å². The molecule has 1 N–H and O–H groups in total. The van der Waals surface area contributed by atoms with Gasteiger partial charge in [-0.3, -0.25) is 9.59 Å². The standard InChI is InChI=1S/C15H18O3S/c1-15(2)7-8-19-13-5-3-10(9-11(13)15)12(16)4-6-14(17)18/h3,5,9H,4,6-8H2,1-2H3,(H,17,18). The van der Waals surface area contributed by atoms with E-state index >= 15 is 0 Å². The molecule has 0 fully saturated rings. The largest absolute Gasteiger partial charge is 0.481 e. The van der Waals surface area contributed by atoms with E-state index < -0.39 is 5.97 Å². The molecule has 0 aromatic heterocycles. The van der Waals surface area contributed by atoms with Gasteiger partial charge in [-0.2, -0.15) is 0 Å². The molecule has 0 atom stereocenters. The van der Waals surface area contributed by atoms with Crippen molar-refractivity contribution in [3.8, 4) is 0 Å². The van der Waals surface area contributed by atoms with Crippen molar-refractivity contribution >= 4 is 23.5 Å². The molecule has 0 saturated carbocycles. The van der Waals surface area contributed by atoms with Gasteiger partial charge in [-0.25, -0.2) is 0 Å². The van der Waals surface area contributed by atoms with Gasteiger partial charge in [0.15, 0.2) is 5.78 Å². The maximum Gasteiger partial charge on any atom is 0.303 e. The van der Waals surface area contributed by atoms with E-state index in [4.69, 9.17) is 5.11 Å². The summed E-state index contributed by atoms with van der Waals surface area (Å²) in [5, 5.41) is 8.63. The summed E-state index contributed by atoms with van der Waals surface area (Å²) in [6.07, 6.45) is 1.06. The molecular weight excluding hydrogens is 260 g/mol. The highest BCUT2D eigenvalue weighted by molar-refractivity contribution is 7.99. The number of hydrogen-bond acceptors (Lipinski definition) is 3. The predicted octanol–water partition coefficient (Wildman–Crippen LogP) is 3.51. The van der Waals surface area contributed by atoms with Gasteiger partial charge in [0.2, 0.25) is 0 Å². The molecule has 1 aromatic rings. The van der Waals surface area contributed by atoms with E-state index in [2.05, 4.69) is 13.8 Å². The Morgan fingerprint density at radius 2 is 2.05 bits per heavy atom. The van der Waals surface area contributed by atoms with E-state index in [9.17, 15) is 9.59 Å². The van der Waals surface area contributed by atoms with Crippen molar-refractivity contribution < 1.29 is 14.7 Å². The number of aliphatic carboxylic acids is 1. The van der Waals surface area contributed by atoms with Crippen LogP contribution in [0.5, 0.6) is 0 Å². The van der Waals surface area contributed by atoms with E-state index in [1.807, 2.05) is 30.0 Å². The van der Waals surface area contributed by atoms with Crippen LogP contribution in [-0.4, -0.2) is 22.6 Å². The molecule has 2 rings (SSSR count). The van der Waals surface area contributed by atoms with Gasteiger partial charge < -0.3 is 5.11 Å². The molecule has 0 amide bonds. The second kappa shape index (κ2) is 5.37. The van der Waals surface area contributed by atoms with Crippen molar-refractivity contribution in [3.05, 3.63) is 29.3 Å². The Labute approximate surface area is 117 Å². The first kappa shape index (κ1) is 14.1. The summed E-state index contributed by atoms with van der Waals surface area (Å²) in [6.45, 7) is 4.38. The molecule has 4 heteroatoms. The van der Waals surface area contributed by atoms with Crippen LogP contribution in [0.15, 0.2) is 23.1 Å². The third-order valence-electron chi connectivity index (χ3n) is 3.58. The smallest absolute Gasteiger partial charge is 0.303 e. The molecule has 0 bridgehead atoms. The first-order valence-electron chi connectivity index (χ1n) is 6.42. The SMILES string of the molecule is CC1(C)CCSc2ccc(C(=O)CCC(=O)O)cc21. The van der Waals surface area contributed by atoms with Crippen molar-refractivity contribution in [2.45, 2.75) is 43.4 Å². The maximum atomic E-state index is 12.0. The van der Waals surface area contributed by atoms with Crippen LogP contribution in [0.2, 0.25) is 0 Å². The Hall–Kier alpha value is -1.29.